The van der Waals surface area contributed by atoms with Crippen LogP contribution < -0.4 is 5.32 Å². The minimum absolute atomic E-state index is 0.167. The number of benzene rings is 1. The Morgan fingerprint density at radius 1 is 1.35 bits per heavy atom. The SMILES string of the molecule is Cc1nn(C)cc1C(=O)Nc1ccc(O)cc1. The van der Waals surface area contributed by atoms with E-state index in [0.717, 1.165) is 0 Å². The molecule has 0 saturated carbocycles. The van der Waals surface area contributed by atoms with Gasteiger partial charge in [-0.15, -0.1) is 0 Å². The van der Waals surface area contributed by atoms with Gasteiger partial charge >= 0.3 is 0 Å². The maximum Gasteiger partial charge on any atom is 0.259 e. The van der Waals surface area contributed by atoms with E-state index in [4.69, 9.17) is 5.11 Å². The molecule has 2 N–H and O–H groups in total. The average Bonchev–Trinajstić information content (AvgIpc) is 2.61. The Kier molecular flexibility index (Phi) is 2.82. The number of aryl methyl sites for hydroxylation is 2. The number of phenols is 1. The van der Waals surface area contributed by atoms with Crippen LogP contribution in [0.15, 0.2) is 30.5 Å². The van der Waals surface area contributed by atoms with Crippen LogP contribution in [0.1, 0.15) is 16.1 Å². The summed E-state index contributed by atoms with van der Waals surface area (Å²) in [5.41, 5.74) is 1.86. The normalized spacial score (nSPS) is 10.2. The number of phenolic OH excluding ortho intramolecular Hbond substituents is 1. The molecule has 5 nitrogen and oxygen atoms in total. The first-order valence-corrected chi connectivity index (χ1v) is 5.17. The Hall–Kier alpha value is -2.30. The summed E-state index contributed by atoms with van der Waals surface area (Å²) in [6, 6.07) is 6.31. The largest absolute Gasteiger partial charge is 0.508 e. The summed E-state index contributed by atoms with van der Waals surface area (Å²) in [5, 5.41) is 16.0. The van der Waals surface area contributed by atoms with Gasteiger partial charge in [-0.25, -0.2) is 0 Å². The van der Waals surface area contributed by atoms with Crippen molar-refractivity contribution in [1.82, 2.24) is 9.78 Å². The van der Waals surface area contributed by atoms with E-state index >= 15 is 0 Å². The van der Waals surface area contributed by atoms with Gasteiger partial charge in [0.2, 0.25) is 0 Å². The summed E-state index contributed by atoms with van der Waals surface area (Å²) in [6.45, 7) is 1.78. The third-order valence-corrected chi connectivity index (χ3v) is 2.38. The number of carbonyl (C=O) groups is 1. The van der Waals surface area contributed by atoms with E-state index in [1.165, 1.54) is 12.1 Å². The van der Waals surface area contributed by atoms with E-state index in [-0.39, 0.29) is 11.7 Å². The number of anilines is 1. The van der Waals surface area contributed by atoms with Crippen LogP contribution in [0, 0.1) is 6.92 Å². The zero-order chi connectivity index (χ0) is 12.4. The van der Waals surface area contributed by atoms with Crippen LogP contribution in [0.5, 0.6) is 5.75 Å². The molecule has 2 rings (SSSR count). The topological polar surface area (TPSA) is 67.2 Å². The molecule has 0 atom stereocenters. The lowest BCUT2D eigenvalue weighted by molar-refractivity contribution is 0.102. The van der Waals surface area contributed by atoms with Crippen LogP contribution in [0.2, 0.25) is 0 Å². The summed E-state index contributed by atoms with van der Waals surface area (Å²) in [6.07, 6.45) is 1.67. The molecule has 1 aromatic carbocycles. The van der Waals surface area contributed by atoms with Crippen molar-refractivity contribution >= 4 is 11.6 Å². The van der Waals surface area contributed by atoms with Crippen molar-refractivity contribution in [2.75, 3.05) is 5.32 Å². The van der Waals surface area contributed by atoms with E-state index in [9.17, 15) is 4.79 Å². The van der Waals surface area contributed by atoms with Crippen LogP contribution in [0.25, 0.3) is 0 Å². The first-order valence-electron chi connectivity index (χ1n) is 5.17. The van der Waals surface area contributed by atoms with Gasteiger partial charge in [0.15, 0.2) is 0 Å². The van der Waals surface area contributed by atoms with Gasteiger partial charge in [-0.3, -0.25) is 9.48 Å². The van der Waals surface area contributed by atoms with Crippen LogP contribution >= 0.6 is 0 Å². The van der Waals surface area contributed by atoms with Gasteiger partial charge in [0.05, 0.1) is 11.3 Å². The molecule has 0 bridgehead atoms. The van der Waals surface area contributed by atoms with Gasteiger partial charge < -0.3 is 10.4 Å². The second-order valence-electron chi connectivity index (χ2n) is 3.80. The zero-order valence-corrected chi connectivity index (χ0v) is 9.64. The number of rotatable bonds is 2. The highest BCUT2D eigenvalue weighted by Gasteiger charge is 2.12. The highest BCUT2D eigenvalue weighted by atomic mass is 16.3. The molecular formula is C12H13N3O2. The number of hydrogen-bond acceptors (Lipinski definition) is 3. The van der Waals surface area contributed by atoms with Crippen molar-refractivity contribution in [2.24, 2.45) is 7.05 Å². The van der Waals surface area contributed by atoms with Crippen molar-refractivity contribution in [2.45, 2.75) is 6.92 Å². The van der Waals surface area contributed by atoms with Gasteiger partial charge in [0, 0.05) is 18.9 Å². The number of nitrogens with one attached hydrogen (secondary N) is 1. The molecule has 88 valence electrons. The molecule has 1 heterocycles. The summed E-state index contributed by atoms with van der Waals surface area (Å²) in [5.74, 6) is -0.0400. The Morgan fingerprint density at radius 3 is 2.53 bits per heavy atom. The predicted octanol–water partition coefficient (Wildman–Crippen LogP) is 1.69. The fourth-order valence-electron chi connectivity index (χ4n) is 1.57. The first kappa shape index (κ1) is 11.2. The quantitative estimate of drug-likeness (QED) is 0.773. The summed E-state index contributed by atoms with van der Waals surface area (Å²) < 4.78 is 1.60. The first-order chi connectivity index (χ1) is 8.06. The second-order valence-corrected chi connectivity index (χ2v) is 3.80. The number of nitrogens with zero attached hydrogens (tertiary/aromatic N) is 2. The highest BCUT2D eigenvalue weighted by Crippen LogP contribution is 2.15. The average molecular weight is 231 g/mol. The van der Waals surface area contributed by atoms with Crippen LogP contribution in [-0.2, 0) is 7.05 Å². The number of amides is 1. The zero-order valence-electron chi connectivity index (χ0n) is 9.64. The molecule has 0 spiro atoms. The Balaban J connectivity index is 2.17. The number of aromatic nitrogens is 2. The maximum absolute atomic E-state index is 11.9. The van der Waals surface area contributed by atoms with E-state index in [1.807, 2.05) is 0 Å². The molecule has 1 amide bonds. The summed E-state index contributed by atoms with van der Waals surface area (Å²) in [4.78, 5) is 11.9. The predicted molar refractivity (Wildman–Crippen MR) is 64.0 cm³/mol. The molecule has 0 aliphatic rings. The molecule has 0 saturated heterocycles. The molecule has 2 aromatic rings. The van der Waals surface area contributed by atoms with Crippen molar-refractivity contribution in [3.63, 3.8) is 0 Å². The van der Waals surface area contributed by atoms with Crippen molar-refractivity contribution in [3.8, 4) is 5.75 Å². The molecule has 0 radical (unpaired) electrons. The van der Waals surface area contributed by atoms with Crippen molar-refractivity contribution < 1.29 is 9.90 Å². The second kappa shape index (κ2) is 4.29. The van der Waals surface area contributed by atoms with Gasteiger partial charge in [0.25, 0.3) is 5.91 Å². The monoisotopic (exact) mass is 231 g/mol. The van der Waals surface area contributed by atoms with Crippen LogP contribution in [-0.4, -0.2) is 20.8 Å². The van der Waals surface area contributed by atoms with E-state index in [1.54, 1.807) is 37.0 Å². The van der Waals surface area contributed by atoms with Gasteiger partial charge in [-0.1, -0.05) is 0 Å². The number of aromatic hydroxyl groups is 1. The van der Waals surface area contributed by atoms with Crippen molar-refractivity contribution in [3.05, 3.63) is 41.7 Å². The van der Waals surface area contributed by atoms with Gasteiger partial charge in [0.1, 0.15) is 5.75 Å². The van der Waals surface area contributed by atoms with E-state index < -0.39 is 0 Å². The lowest BCUT2D eigenvalue weighted by Gasteiger charge is -2.03. The molecule has 0 aliphatic carbocycles. The maximum atomic E-state index is 11.9. The van der Waals surface area contributed by atoms with Crippen molar-refractivity contribution in [1.29, 1.82) is 0 Å². The van der Waals surface area contributed by atoms with Crippen LogP contribution in [0.4, 0.5) is 5.69 Å². The fourth-order valence-corrected chi connectivity index (χ4v) is 1.57. The lowest BCUT2D eigenvalue weighted by Crippen LogP contribution is -2.12. The summed E-state index contributed by atoms with van der Waals surface area (Å²) in [7, 11) is 1.77. The van der Waals surface area contributed by atoms with E-state index in [0.29, 0.717) is 16.9 Å². The number of hydrogen-bond donors (Lipinski definition) is 2. The highest BCUT2D eigenvalue weighted by molar-refractivity contribution is 6.04. The Morgan fingerprint density at radius 2 is 2.00 bits per heavy atom. The third kappa shape index (κ3) is 2.44. The minimum atomic E-state index is -0.207. The van der Waals surface area contributed by atoms with Gasteiger partial charge in [-0.05, 0) is 31.2 Å². The van der Waals surface area contributed by atoms with Crippen LogP contribution in [0.3, 0.4) is 0 Å². The molecule has 1 aromatic heterocycles. The Labute approximate surface area is 98.7 Å². The third-order valence-electron chi connectivity index (χ3n) is 2.38. The minimum Gasteiger partial charge on any atom is -0.508 e. The van der Waals surface area contributed by atoms with E-state index in [2.05, 4.69) is 10.4 Å². The molecule has 5 heteroatoms. The molecule has 17 heavy (non-hydrogen) atoms. The molecule has 0 aliphatic heterocycles. The standard InChI is InChI=1S/C12H13N3O2/c1-8-11(7-15(2)14-8)12(17)13-9-3-5-10(16)6-4-9/h3-7,16H,1-2H3,(H,13,17). The Bertz CT molecular complexity index is 543. The molecule has 0 unspecified atom stereocenters. The fraction of sp³-hybridized carbons (Fsp3) is 0.167. The summed E-state index contributed by atoms with van der Waals surface area (Å²) >= 11 is 0. The molecular weight excluding hydrogens is 218 g/mol. The molecule has 0 fully saturated rings. The smallest absolute Gasteiger partial charge is 0.259 e. The van der Waals surface area contributed by atoms with Gasteiger partial charge in [-0.2, -0.15) is 5.10 Å². The lowest BCUT2D eigenvalue weighted by atomic mass is 10.2. The number of carbonyl (C=O) groups excluding carboxylic acids is 1.